The van der Waals surface area contributed by atoms with Gasteiger partial charge in [0.25, 0.3) is 5.91 Å². The molecule has 2 aromatic carbocycles. The van der Waals surface area contributed by atoms with Crippen LogP contribution in [0.15, 0.2) is 42.6 Å². The lowest BCUT2D eigenvalue weighted by Gasteiger charge is -2.33. The van der Waals surface area contributed by atoms with Crippen molar-refractivity contribution in [2.45, 2.75) is 25.8 Å². The number of nitrogens with zero attached hydrogens (tertiary/aromatic N) is 3. The second kappa shape index (κ2) is 8.07. The highest BCUT2D eigenvalue weighted by molar-refractivity contribution is 5.96. The van der Waals surface area contributed by atoms with Crippen molar-refractivity contribution in [3.8, 4) is 6.07 Å². The van der Waals surface area contributed by atoms with Crippen LogP contribution >= 0.6 is 0 Å². The molecule has 30 heavy (non-hydrogen) atoms. The molecule has 3 aromatic rings. The van der Waals surface area contributed by atoms with Crippen LogP contribution in [0.3, 0.4) is 0 Å². The first-order valence-corrected chi connectivity index (χ1v) is 9.77. The largest absolute Gasteiger partial charge is 0.381 e. The topological polar surface area (TPSA) is 69.0 Å². The van der Waals surface area contributed by atoms with Gasteiger partial charge in [-0.15, -0.1) is 0 Å². The Balaban J connectivity index is 1.53. The number of nitrogens with one attached hydrogen (secondary N) is 1. The van der Waals surface area contributed by atoms with Crippen molar-refractivity contribution in [2.24, 2.45) is 0 Å². The fourth-order valence-corrected chi connectivity index (χ4v) is 3.91. The number of piperidine rings is 1. The van der Waals surface area contributed by atoms with E-state index in [0.717, 1.165) is 0 Å². The first-order chi connectivity index (χ1) is 14.5. The molecule has 1 N–H and O–H groups in total. The van der Waals surface area contributed by atoms with E-state index in [2.05, 4.69) is 16.4 Å². The van der Waals surface area contributed by atoms with E-state index in [1.807, 2.05) is 0 Å². The van der Waals surface area contributed by atoms with Gasteiger partial charge in [-0.1, -0.05) is 12.1 Å². The maximum atomic E-state index is 14.0. The highest BCUT2D eigenvalue weighted by atomic mass is 19.1. The van der Waals surface area contributed by atoms with E-state index in [-0.39, 0.29) is 23.3 Å². The fraction of sp³-hybridized carbons (Fsp3) is 0.261. The van der Waals surface area contributed by atoms with E-state index in [1.165, 1.54) is 30.5 Å². The number of carbonyl (C=O) groups is 1. The van der Waals surface area contributed by atoms with E-state index in [9.17, 15) is 18.8 Å². The minimum Gasteiger partial charge on any atom is -0.381 e. The van der Waals surface area contributed by atoms with Crippen LogP contribution in [-0.4, -0.2) is 34.9 Å². The first kappa shape index (κ1) is 19.8. The minimum atomic E-state index is -0.526. The number of aryl methyl sites for hydroxylation is 1. The Labute approximate surface area is 172 Å². The zero-order valence-electron chi connectivity index (χ0n) is 16.5. The molecular formula is C23H20F2N4O. The highest BCUT2D eigenvalue weighted by Gasteiger charge is 2.26. The molecule has 1 aromatic heterocycles. The predicted octanol–water partition coefficient (Wildman–Crippen LogP) is 4.41. The number of anilines is 1. The second-order valence-electron chi connectivity index (χ2n) is 7.47. The molecule has 0 atom stereocenters. The average molecular weight is 406 g/mol. The highest BCUT2D eigenvalue weighted by Crippen LogP contribution is 2.30. The standard InChI is InChI=1S/C23H20F2N4O/c1-14-10-16(24)11-19-21(14)27-13-15(12-26)22(19)28-17-6-8-29(9-7-17)23(30)18-4-2-3-5-20(18)25/h2-5,10-11,13,17H,6-9H2,1H3,(H,27,28). The molecule has 152 valence electrons. The summed E-state index contributed by atoms with van der Waals surface area (Å²) in [6, 6.07) is 10.9. The molecule has 2 heterocycles. The molecule has 0 spiro atoms. The number of amides is 1. The van der Waals surface area contributed by atoms with Gasteiger partial charge >= 0.3 is 0 Å². The molecule has 1 saturated heterocycles. The number of fused-ring (bicyclic) bond motifs is 1. The number of pyridine rings is 1. The Bertz CT molecular complexity index is 1160. The number of carbonyl (C=O) groups excluding carboxylic acids is 1. The number of hydrogen-bond donors (Lipinski definition) is 1. The Morgan fingerprint density at radius 3 is 2.67 bits per heavy atom. The normalized spacial score (nSPS) is 14.5. The molecule has 1 fully saturated rings. The minimum absolute atomic E-state index is 0.00376. The monoisotopic (exact) mass is 406 g/mol. The van der Waals surface area contributed by atoms with Gasteiger partial charge < -0.3 is 10.2 Å². The lowest BCUT2D eigenvalue weighted by atomic mass is 10.0. The van der Waals surface area contributed by atoms with Crippen molar-refractivity contribution in [1.29, 1.82) is 5.26 Å². The number of hydrogen-bond acceptors (Lipinski definition) is 4. The van der Waals surface area contributed by atoms with Gasteiger partial charge in [0.1, 0.15) is 17.7 Å². The summed E-state index contributed by atoms with van der Waals surface area (Å²) in [6.07, 6.45) is 2.75. The molecule has 0 unspecified atom stereocenters. The van der Waals surface area contributed by atoms with E-state index in [1.54, 1.807) is 24.0 Å². The summed E-state index contributed by atoms with van der Waals surface area (Å²) in [5.41, 5.74) is 2.32. The summed E-state index contributed by atoms with van der Waals surface area (Å²) >= 11 is 0. The summed E-state index contributed by atoms with van der Waals surface area (Å²) in [7, 11) is 0. The second-order valence-corrected chi connectivity index (χ2v) is 7.47. The number of nitriles is 1. The summed E-state index contributed by atoms with van der Waals surface area (Å²) in [5, 5.41) is 13.4. The van der Waals surface area contributed by atoms with Crippen molar-refractivity contribution in [3.63, 3.8) is 0 Å². The Kier molecular flexibility index (Phi) is 5.32. The molecule has 0 radical (unpaired) electrons. The van der Waals surface area contributed by atoms with Gasteiger partial charge in [-0.25, -0.2) is 8.78 Å². The van der Waals surface area contributed by atoms with Crippen LogP contribution in [-0.2, 0) is 0 Å². The first-order valence-electron chi connectivity index (χ1n) is 9.77. The van der Waals surface area contributed by atoms with E-state index in [0.29, 0.717) is 53.6 Å². The Hall–Kier alpha value is -3.53. The Morgan fingerprint density at radius 2 is 1.97 bits per heavy atom. The van der Waals surface area contributed by atoms with Crippen LogP contribution in [0.1, 0.15) is 34.3 Å². The van der Waals surface area contributed by atoms with Crippen molar-refractivity contribution in [1.82, 2.24) is 9.88 Å². The van der Waals surface area contributed by atoms with Gasteiger partial charge in [0.15, 0.2) is 0 Å². The van der Waals surface area contributed by atoms with Gasteiger partial charge in [0, 0.05) is 30.7 Å². The summed E-state index contributed by atoms with van der Waals surface area (Å²) in [6.45, 7) is 2.70. The summed E-state index contributed by atoms with van der Waals surface area (Å²) in [4.78, 5) is 18.5. The van der Waals surface area contributed by atoms with E-state index >= 15 is 0 Å². The van der Waals surface area contributed by atoms with Gasteiger partial charge in [-0.3, -0.25) is 9.78 Å². The maximum Gasteiger partial charge on any atom is 0.256 e. The third-order valence-electron chi connectivity index (χ3n) is 5.48. The van der Waals surface area contributed by atoms with Gasteiger partial charge in [0.2, 0.25) is 0 Å². The lowest BCUT2D eigenvalue weighted by Crippen LogP contribution is -2.42. The van der Waals surface area contributed by atoms with Crippen LogP contribution in [0.25, 0.3) is 10.9 Å². The molecule has 0 saturated carbocycles. The van der Waals surface area contributed by atoms with E-state index in [4.69, 9.17) is 0 Å². The molecular weight excluding hydrogens is 386 g/mol. The molecule has 1 amide bonds. The molecule has 5 nitrogen and oxygen atoms in total. The third-order valence-corrected chi connectivity index (χ3v) is 5.48. The number of aromatic nitrogens is 1. The predicted molar refractivity (Wildman–Crippen MR) is 110 cm³/mol. The van der Waals surface area contributed by atoms with Crippen molar-refractivity contribution in [3.05, 3.63) is 70.9 Å². The number of likely N-dealkylation sites (tertiary alicyclic amines) is 1. The van der Waals surface area contributed by atoms with Crippen LogP contribution in [0.2, 0.25) is 0 Å². The van der Waals surface area contributed by atoms with Crippen molar-refractivity contribution in [2.75, 3.05) is 18.4 Å². The van der Waals surface area contributed by atoms with Crippen LogP contribution in [0, 0.1) is 29.9 Å². The van der Waals surface area contributed by atoms with Gasteiger partial charge in [-0.2, -0.15) is 5.26 Å². The SMILES string of the molecule is Cc1cc(F)cc2c(NC3CCN(C(=O)c4ccccc4F)CC3)c(C#N)cnc12. The number of benzene rings is 2. The molecule has 4 rings (SSSR count). The van der Waals surface area contributed by atoms with E-state index < -0.39 is 5.82 Å². The molecule has 0 bridgehead atoms. The van der Waals surface area contributed by atoms with Crippen molar-refractivity contribution < 1.29 is 13.6 Å². The Morgan fingerprint density at radius 1 is 1.23 bits per heavy atom. The zero-order chi connectivity index (χ0) is 21.3. The molecule has 1 aliphatic rings. The third kappa shape index (κ3) is 3.69. The van der Waals surface area contributed by atoms with Crippen molar-refractivity contribution >= 4 is 22.5 Å². The van der Waals surface area contributed by atoms with Crippen LogP contribution < -0.4 is 5.32 Å². The summed E-state index contributed by atoms with van der Waals surface area (Å²) < 4.78 is 27.9. The van der Waals surface area contributed by atoms with Gasteiger partial charge in [0.05, 0.1) is 22.3 Å². The number of rotatable bonds is 3. The van der Waals surface area contributed by atoms with Crippen LogP contribution in [0.5, 0.6) is 0 Å². The molecule has 1 aliphatic heterocycles. The number of halogens is 2. The maximum absolute atomic E-state index is 14.0. The zero-order valence-corrected chi connectivity index (χ0v) is 16.5. The van der Waals surface area contributed by atoms with Gasteiger partial charge in [-0.05, 0) is 49.6 Å². The fourth-order valence-electron chi connectivity index (χ4n) is 3.91. The summed E-state index contributed by atoms with van der Waals surface area (Å²) in [5.74, 6) is -1.23. The molecule has 0 aliphatic carbocycles. The average Bonchev–Trinajstić information content (AvgIpc) is 2.74. The quantitative estimate of drug-likeness (QED) is 0.700. The van der Waals surface area contributed by atoms with Crippen LogP contribution in [0.4, 0.5) is 14.5 Å². The smallest absolute Gasteiger partial charge is 0.256 e. The lowest BCUT2D eigenvalue weighted by molar-refractivity contribution is 0.0714. The molecule has 7 heteroatoms.